The van der Waals surface area contributed by atoms with E-state index in [2.05, 4.69) is 5.32 Å². The third-order valence-electron chi connectivity index (χ3n) is 4.12. The molecular formula is C19H32NO11PS. The van der Waals surface area contributed by atoms with Crippen molar-refractivity contribution >= 4 is 43.2 Å². The van der Waals surface area contributed by atoms with Crippen molar-refractivity contribution in [2.45, 2.75) is 71.3 Å². The van der Waals surface area contributed by atoms with Gasteiger partial charge in [0.05, 0.1) is 18.7 Å². The van der Waals surface area contributed by atoms with Gasteiger partial charge in [-0.3, -0.25) is 23.7 Å². The van der Waals surface area contributed by atoms with Crippen molar-refractivity contribution in [2.75, 3.05) is 25.3 Å². The van der Waals surface area contributed by atoms with Gasteiger partial charge >= 0.3 is 25.5 Å². The Morgan fingerprint density at radius 3 is 1.91 bits per heavy atom. The van der Waals surface area contributed by atoms with Crippen LogP contribution in [0.5, 0.6) is 0 Å². The molecule has 0 aromatic heterocycles. The molecule has 1 aliphatic rings. The van der Waals surface area contributed by atoms with Crippen molar-refractivity contribution in [1.29, 1.82) is 0 Å². The van der Waals surface area contributed by atoms with Crippen molar-refractivity contribution < 1.29 is 51.7 Å². The van der Waals surface area contributed by atoms with Gasteiger partial charge in [0.25, 0.3) is 0 Å². The minimum Gasteiger partial charge on any atom is -0.463 e. The summed E-state index contributed by atoms with van der Waals surface area (Å²) in [7, 11) is -3.49. The molecule has 14 heteroatoms. The Labute approximate surface area is 197 Å². The molecule has 0 bridgehead atoms. The number of hydrogen-bond acceptors (Lipinski definition) is 12. The summed E-state index contributed by atoms with van der Waals surface area (Å²) in [5.74, 6) is -2.46. The van der Waals surface area contributed by atoms with E-state index >= 15 is 0 Å². The molecule has 1 aliphatic heterocycles. The Kier molecular flexibility index (Phi) is 12.4. The highest BCUT2D eigenvalue weighted by Gasteiger charge is 2.51. The molecule has 1 amide bonds. The fraction of sp³-hybridized carbons (Fsp3) is 0.789. The molecule has 1 saturated heterocycles. The highest BCUT2D eigenvalue weighted by atomic mass is 32.2. The highest BCUT2D eigenvalue weighted by Crippen LogP contribution is 2.52. The zero-order valence-corrected chi connectivity index (χ0v) is 21.3. The molecule has 12 nitrogen and oxygen atoms in total. The van der Waals surface area contributed by atoms with Crippen LogP contribution in [0.1, 0.15) is 41.5 Å². The van der Waals surface area contributed by atoms with E-state index in [1.54, 1.807) is 13.8 Å². The number of ether oxygens (including phenoxy) is 4. The summed E-state index contributed by atoms with van der Waals surface area (Å²) in [6.45, 7) is 8.09. The average molecular weight is 514 g/mol. The van der Waals surface area contributed by atoms with Gasteiger partial charge in [0.1, 0.15) is 24.2 Å². The first-order chi connectivity index (χ1) is 15.4. The molecule has 0 unspecified atom stereocenters. The maximum atomic E-state index is 12.9. The molecule has 0 aliphatic carbocycles. The molecule has 0 radical (unpaired) electrons. The second-order valence-corrected chi connectivity index (χ2v) is 10.5. The summed E-state index contributed by atoms with van der Waals surface area (Å²) in [4.78, 5) is 46.9. The Balaban J connectivity index is 3.32. The fourth-order valence-electron chi connectivity index (χ4n) is 3.10. The van der Waals surface area contributed by atoms with E-state index in [1.807, 2.05) is 0 Å². The van der Waals surface area contributed by atoms with Crippen LogP contribution in [0.25, 0.3) is 0 Å². The predicted octanol–water partition coefficient (Wildman–Crippen LogP) is 1.60. The molecule has 5 atom stereocenters. The van der Waals surface area contributed by atoms with E-state index in [1.165, 1.54) is 13.8 Å². The SMILES string of the molecule is CCOP(=O)(CS[C@@H]1O[C@H](COC(C)=O)[C@@H](OC(C)=O)[C@H](OC(C)=O)[C@H]1NC(C)=O)OCC. The first-order valence-corrected chi connectivity index (χ1v) is 13.1. The van der Waals surface area contributed by atoms with Crippen LogP contribution >= 0.6 is 19.4 Å². The lowest BCUT2D eigenvalue weighted by molar-refractivity contribution is -0.211. The zero-order chi connectivity index (χ0) is 25.2. The topological polar surface area (TPSA) is 153 Å². The van der Waals surface area contributed by atoms with E-state index < -0.39 is 61.2 Å². The Morgan fingerprint density at radius 2 is 1.45 bits per heavy atom. The summed E-state index contributed by atoms with van der Waals surface area (Å²) >= 11 is 1.00. The van der Waals surface area contributed by atoms with Gasteiger partial charge in [0.15, 0.2) is 12.2 Å². The molecule has 1 heterocycles. The maximum absolute atomic E-state index is 12.9. The van der Waals surface area contributed by atoms with E-state index in [-0.39, 0.29) is 25.3 Å². The largest absolute Gasteiger partial charge is 0.463 e. The molecule has 1 N–H and O–H groups in total. The first-order valence-electron chi connectivity index (χ1n) is 10.3. The molecule has 190 valence electrons. The number of esters is 3. The van der Waals surface area contributed by atoms with E-state index in [0.29, 0.717) is 0 Å². The number of amides is 1. The smallest absolute Gasteiger partial charge is 0.340 e. The van der Waals surface area contributed by atoms with Crippen LogP contribution in [-0.4, -0.2) is 78.9 Å². The molecule has 0 aromatic carbocycles. The molecule has 0 aromatic rings. The van der Waals surface area contributed by atoms with Crippen molar-refractivity contribution in [2.24, 2.45) is 0 Å². The molecule has 1 rings (SSSR count). The van der Waals surface area contributed by atoms with Gasteiger partial charge in [-0.2, -0.15) is 0 Å². The lowest BCUT2D eigenvalue weighted by atomic mass is 9.97. The standard InChI is InChI=1S/C19H32NO11PS/c1-7-27-32(25,28-8-2)10-33-19-16(20-11(3)21)18(30-14(6)24)17(29-13(5)23)15(31-19)9-26-12(4)22/h15-19H,7-10H2,1-6H3,(H,20,21)/t15-,16-,17-,18-,19+/m1/s1. The molecule has 33 heavy (non-hydrogen) atoms. The summed E-state index contributed by atoms with van der Waals surface area (Å²) in [6.07, 6.45) is -3.41. The minimum atomic E-state index is -3.49. The number of carbonyl (C=O) groups is 4. The van der Waals surface area contributed by atoms with E-state index in [9.17, 15) is 23.7 Å². The minimum absolute atomic E-state index is 0.138. The van der Waals surface area contributed by atoms with Crippen molar-refractivity contribution in [1.82, 2.24) is 5.32 Å². The van der Waals surface area contributed by atoms with Gasteiger partial charge in [-0.25, -0.2) is 0 Å². The van der Waals surface area contributed by atoms with Crippen LogP contribution in [-0.2, 0) is 51.7 Å². The lowest BCUT2D eigenvalue weighted by Crippen LogP contribution is -2.65. The van der Waals surface area contributed by atoms with Crippen LogP contribution in [0.4, 0.5) is 0 Å². The van der Waals surface area contributed by atoms with Gasteiger partial charge in [0.2, 0.25) is 5.91 Å². The molecule has 0 spiro atoms. The Morgan fingerprint density at radius 1 is 0.909 bits per heavy atom. The number of hydrogen-bond donors (Lipinski definition) is 1. The molecule has 1 fully saturated rings. The monoisotopic (exact) mass is 513 g/mol. The van der Waals surface area contributed by atoms with Crippen LogP contribution in [0.2, 0.25) is 0 Å². The average Bonchev–Trinajstić information content (AvgIpc) is 2.68. The van der Waals surface area contributed by atoms with Crippen molar-refractivity contribution in [3.8, 4) is 0 Å². The normalized spacial score (nSPS) is 25.1. The second-order valence-electron chi connectivity index (χ2n) is 6.96. The number of rotatable bonds is 12. The van der Waals surface area contributed by atoms with Crippen LogP contribution in [0.3, 0.4) is 0 Å². The van der Waals surface area contributed by atoms with Crippen molar-refractivity contribution in [3.63, 3.8) is 0 Å². The van der Waals surface area contributed by atoms with Gasteiger partial charge in [-0.15, -0.1) is 11.8 Å². The van der Waals surface area contributed by atoms with Gasteiger partial charge in [0, 0.05) is 27.7 Å². The maximum Gasteiger partial charge on any atom is 0.340 e. The molecule has 0 saturated carbocycles. The van der Waals surface area contributed by atoms with E-state index in [4.69, 9.17) is 28.0 Å². The Bertz CT molecular complexity index is 739. The number of carbonyl (C=O) groups excluding carboxylic acids is 4. The number of nitrogens with one attached hydrogen (secondary N) is 1. The molecular weight excluding hydrogens is 481 g/mol. The third kappa shape index (κ3) is 10.0. The highest BCUT2D eigenvalue weighted by molar-refractivity contribution is 8.05. The second kappa shape index (κ2) is 13.9. The quantitative estimate of drug-likeness (QED) is 0.229. The van der Waals surface area contributed by atoms with Gasteiger partial charge in [-0.1, -0.05) is 0 Å². The van der Waals surface area contributed by atoms with Crippen LogP contribution in [0.15, 0.2) is 0 Å². The summed E-state index contributed by atoms with van der Waals surface area (Å²) < 4.78 is 45.3. The van der Waals surface area contributed by atoms with Crippen LogP contribution < -0.4 is 5.32 Å². The summed E-state index contributed by atoms with van der Waals surface area (Å²) in [6, 6.07) is -0.994. The van der Waals surface area contributed by atoms with E-state index in [0.717, 1.165) is 25.6 Å². The number of thioether (sulfide) groups is 1. The summed E-state index contributed by atoms with van der Waals surface area (Å²) in [5.41, 5.74) is -1.08. The Hall–Kier alpha value is -1.66. The first kappa shape index (κ1) is 29.4. The lowest BCUT2D eigenvalue weighted by Gasteiger charge is -2.45. The zero-order valence-electron chi connectivity index (χ0n) is 19.6. The van der Waals surface area contributed by atoms with Crippen LogP contribution in [0, 0.1) is 0 Å². The van der Waals surface area contributed by atoms with Gasteiger partial charge in [-0.05, 0) is 13.8 Å². The fourth-order valence-corrected chi connectivity index (χ4v) is 6.53. The third-order valence-corrected chi connectivity index (χ3v) is 8.02. The van der Waals surface area contributed by atoms with Gasteiger partial charge < -0.3 is 33.3 Å². The van der Waals surface area contributed by atoms with Crippen molar-refractivity contribution in [3.05, 3.63) is 0 Å². The predicted molar refractivity (Wildman–Crippen MR) is 117 cm³/mol. The summed E-state index contributed by atoms with van der Waals surface area (Å²) in [5, 5.41) is 2.64.